The Bertz CT molecular complexity index is 396. The van der Waals surface area contributed by atoms with E-state index in [-0.39, 0.29) is 0 Å². The van der Waals surface area contributed by atoms with Gasteiger partial charge in [-0.25, -0.2) is 4.79 Å². The number of carbonyl (C=O) groups is 1. The quantitative estimate of drug-likeness (QED) is 0.871. The van der Waals surface area contributed by atoms with Crippen molar-refractivity contribution in [3.63, 3.8) is 0 Å². The third kappa shape index (κ3) is 2.35. The van der Waals surface area contributed by atoms with Crippen molar-refractivity contribution >= 4 is 11.8 Å². The number of benzene rings is 1. The molecule has 1 heterocycles. The van der Waals surface area contributed by atoms with Crippen molar-refractivity contribution in [2.45, 2.75) is 19.9 Å². The van der Waals surface area contributed by atoms with Crippen molar-refractivity contribution in [1.82, 2.24) is 4.90 Å². The van der Waals surface area contributed by atoms with Gasteiger partial charge in [-0.15, -0.1) is 0 Å². The number of likely N-dealkylation sites (N-methyl/N-ethyl adjacent to an activating group) is 1. The van der Waals surface area contributed by atoms with Crippen molar-refractivity contribution < 1.29 is 9.90 Å². The molecule has 4 nitrogen and oxygen atoms in total. The molecule has 1 N–H and O–H groups in total. The predicted molar refractivity (Wildman–Crippen MR) is 67.6 cm³/mol. The molecule has 1 amide bonds. The standard InChI is InChI=1S/C13H18N2O2/c1-3-15(11-6-4-10(2)5-7-11)12-8-14(9-12)13(16)17/h4-7,12H,3,8-9H2,1-2H3,(H,16,17). The molecular weight excluding hydrogens is 216 g/mol. The molecule has 1 fully saturated rings. The van der Waals surface area contributed by atoms with Gasteiger partial charge in [0.25, 0.3) is 0 Å². The summed E-state index contributed by atoms with van der Waals surface area (Å²) in [6, 6.07) is 8.70. The summed E-state index contributed by atoms with van der Waals surface area (Å²) in [5.74, 6) is 0. The zero-order valence-electron chi connectivity index (χ0n) is 10.3. The second kappa shape index (κ2) is 4.65. The lowest BCUT2D eigenvalue weighted by atomic mass is 10.1. The molecule has 0 aromatic heterocycles. The van der Waals surface area contributed by atoms with E-state index in [1.165, 1.54) is 16.2 Å². The summed E-state index contributed by atoms with van der Waals surface area (Å²) < 4.78 is 0. The SMILES string of the molecule is CCN(c1ccc(C)cc1)C1CN(C(=O)O)C1. The molecule has 1 aliphatic rings. The number of amides is 1. The van der Waals surface area contributed by atoms with E-state index in [0.717, 1.165) is 6.54 Å². The first kappa shape index (κ1) is 11.8. The third-order valence-electron chi connectivity index (χ3n) is 3.28. The van der Waals surface area contributed by atoms with Crippen molar-refractivity contribution in [1.29, 1.82) is 0 Å². The molecular formula is C13H18N2O2. The second-order valence-electron chi connectivity index (χ2n) is 4.46. The number of aryl methyl sites for hydroxylation is 1. The highest BCUT2D eigenvalue weighted by atomic mass is 16.4. The van der Waals surface area contributed by atoms with Crippen LogP contribution in [0.3, 0.4) is 0 Å². The van der Waals surface area contributed by atoms with Gasteiger partial charge in [-0.1, -0.05) is 17.7 Å². The molecule has 0 spiro atoms. The van der Waals surface area contributed by atoms with E-state index in [9.17, 15) is 4.79 Å². The fourth-order valence-electron chi connectivity index (χ4n) is 2.20. The van der Waals surface area contributed by atoms with E-state index in [1.807, 2.05) is 0 Å². The van der Waals surface area contributed by atoms with E-state index >= 15 is 0 Å². The number of likely N-dealkylation sites (tertiary alicyclic amines) is 1. The molecule has 0 radical (unpaired) electrons. The Kier molecular flexibility index (Phi) is 3.22. The maximum atomic E-state index is 10.7. The van der Waals surface area contributed by atoms with Crippen LogP contribution < -0.4 is 4.90 Å². The Hall–Kier alpha value is -1.71. The molecule has 1 aromatic rings. The minimum atomic E-state index is -0.818. The van der Waals surface area contributed by atoms with Crippen molar-refractivity contribution in [2.75, 3.05) is 24.5 Å². The maximum absolute atomic E-state index is 10.7. The van der Waals surface area contributed by atoms with Crippen LogP contribution in [0.15, 0.2) is 24.3 Å². The average Bonchev–Trinajstić information content (AvgIpc) is 2.23. The zero-order valence-corrected chi connectivity index (χ0v) is 10.3. The smallest absolute Gasteiger partial charge is 0.407 e. The minimum absolute atomic E-state index is 0.318. The lowest BCUT2D eigenvalue weighted by molar-refractivity contribution is 0.104. The summed E-state index contributed by atoms with van der Waals surface area (Å²) in [6.45, 7) is 6.29. The van der Waals surface area contributed by atoms with Crippen LogP contribution in [0.1, 0.15) is 12.5 Å². The first-order valence-corrected chi connectivity index (χ1v) is 5.93. The lowest BCUT2D eigenvalue weighted by Gasteiger charge is -2.44. The van der Waals surface area contributed by atoms with Crippen molar-refractivity contribution in [3.05, 3.63) is 29.8 Å². The summed E-state index contributed by atoms with van der Waals surface area (Å²) in [5.41, 5.74) is 2.42. The third-order valence-corrected chi connectivity index (χ3v) is 3.28. The Balaban J connectivity index is 2.03. The summed E-state index contributed by atoms with van der Waals surface area (Å²) in [5, 5.41) is 8.82. The van der Waals surface area contributed by atoms with Gasteiger partial charge in [-0.2, -0.15) is 0 Å². The molecule has 0 aliphatic carbocycles. The molecule has 17 heavy (non-hydrogen) atoms. The molecule has 0 atom stereocenters. The van der Waals surface area contributed by atoms with Gasteiger partial charge < -0.3 is 14.9 Å². The van der Waals surface area contributed by atoms with E-state index in [1.54, 1.807) is 0 Å². The summed E-state index contributed by atoms with van der Waals surface area (Å²) in [6.07, 6.45) is -0.818. The number of carboxylic acid groups (broad SMARTS) is 1. The van der Waals surface area contributed by atoms with Gasteiger partial charge in [0.05, 0.1) is 6.04 Å². The van der Waals surface area contributed by atoms with Crippen molar-refractivity contribution in [2.24, 2.45) is 0 Å². The van der Waals surface area contributed by atoms with Crippen LogP contribution in [0.5, 0.6) is 0 Å². The lowest BCUT2D eigenvalue weighted by Crippen LogP contribution is -2.61. The van der Waals surface area contributed by atoms with Crippen molar-refractivity contribution in [3.8, 4) is 0 Å². The van der Waals surface area contributed by atoms with Gasteiger partial charge in [-0.05, 0) is 26.0 Å². The van der Waals surface area contributed by atoms with E-state index in [4.69, 9.17) is 5.11 Å². The predicted octanol–water partition coefficient (Wildman–Crippen LogP) is 2.18. The fourth-order valence-corrected chi connectivity index (χ4v) is 2.20. The highest BCUT2D eigenvalue weighted by Crippen LogP contribution is 2.23. The monoisotopic (exact) mass is 234 g/mol. The number of nitrogens with zero attached hydrogens (tertiary/aromatic N) is 2. The molecule has 0 saturated carbocycles. The highest BCUT2D eigenvalue weighted by Gasteiger charge is 2.34. The molecule has 92 valence electrons. The van der Waals surface area contributed by atoms with Crippen LogP contribution in [0.25, 0.3) is 0 Å². The largest absolute Gasteiger partial charge is 0.465 e. The summed E-state index contributed by atoms with van der Waals surface area (Å²) in [7, 11) is 0. The van der Waals surface area contributed by atoms with Gasteiger partial charge in [0.1, 0.15) is 0 Å². The van der Waals surface area contributed by atoms with Gasteiger partial charge in [0.2, 0.25) is 0 Å². The van der Waals surface area contributed by atoms with Gasteiger partial charge in [0.15, 0.2) is 0 Å². The average molecular weight is 234 g/mol. The molecule has 1 saturated heterocycles. The van der Waals surface area contributed by atoms with Crippen LogP contribution in [0, 0.1) is 6.92 Å². The first-order valence-electron chi connectivity index (χ1n) is 5.93. The molecule has 1 aromatic carbocycles. The van der Waals surface area contributed by atoms with Crippen LogP contribution in [-0.2, 0) is 0 Å². The molecule has 1 aliphatic heterocycles. The highest BCUT2D eigenvalue weighted by molar-refractivity contribution is 5.67. The second-order valence-corrected chi connectivity index (χ2v) is 4.46. The van der Waals surface area contributed by atoms with Gasteiger partial charge >= 0.3 is 6.09 Å². The molecule has 0 bridgehead atoms. The summed E-state index contributed by atoms with van der Waals surface area (Å²) >= 11 is 0. The topological polar surface area (TPSA) is 43.8 Å². The number of anilines is 1. The van der Waals surface area contributed by atoms with Crippen LogP contribution in [0.4, 0.5) is 10.5 Å². The zero-order chi connectivity index (χ0) is 12.4. The molecule has 0 unspecified atom stereocenters. The van der Waals surface area contributed by atoms with E-state index < -0.39 is 6.09 Å². The van der Waals surface area contributed by atoms with Gasteiger partial charge in [-0.3, -0.25) is 0 Å². The van der Waals surface area contributed by atoms with Crippen LogP contribution in [-0.4, -0.2) is 41.8 Å². The Labute approximate surface area is 101 Å². The number of hydrogen-bond donors (Lipinski definition) is 1. The van der Waals surface area contributed by atoms with Gasteiger partial charge in [0, 0.05) is 25.3 Å². The van der Waals surface area contributed by atoms with Crippen LogP contribution >= 0.6 is 0 Å². The Morgan fingerprint density at radius 3 is 2.47 bits per heavy atom. The fraction of sp³-hybridized carbons (Fsp3) is 0.462. The van der Waals surface area contributed by atoms with Crippen LogP contribution in [0.2, 0.25) is 0 Å². The molecule has 4 heteroatoms. The number of hydrogen-bond acceptors (Lipinski definition) is 2. The summed E-state index contributed by atoms with van der Waals surface area (Å²) in [4.78, 5) is 14.4. The number of rotatable bonds is 3. The normalized spacial score (nSPS) is 15.5. The van der Waals surface area contributed by atoms with E-state index in [0.29, 0.717) is 19.1 Å². The maximum Gasteiger partial charge on any atom is 0.407 e. The Morgan fingerprint density at radius 2 is 2.00 bits per heavy atom. The first-order chi connectivity index (χ1) is 8.11. The molecule has 2 rings (SSSR count). The van der Waals surface area contributed by atoms with E-state index in [2.05, 4.69) is 43.0 Å². The minimum Gasteiger partial charge on any atom is -0.465 e. The Morgan fingerprint density at radius 1 is 1.41 bits per heavy atom.